The first-order valence-corrected chi connectivity index (χ1v) is 6.53. The number of fused-ring (bicyclic) bond motifs is 1. The number of hydrogen-bond acceptors (Lipinski definition) is 3. The third-order valence-corrected chi connectivity index (χ3v) is 3.43. The van der Waals surface area contributed by atoms with Crippen molar-refractivity contribution in [3.63, 3.8) is 0 Å². The minimum Gasteiger partial charge on any atom is -0.382 e. The van der Waals surface area contributed by atoms with E-state index in [1.54, 1.807) is 0 Å². The lowest BCUT2D eigenvalue weighted by atomic mass is 9.98. The summed E-state index contributed by atoms with van der Waals surface area (Å²) < 4.78 is 0. The van der Waals surface area contributed by atoms with Gasteiger partial charge in [-0.1, -0.05) is 0 Å². The van der Waals surface area contributed by atoms with Crippen molar-refractivity contribution in [3.8, 4) is 0 Å². The van der Waals surface area contributed by atoms with Gasteiger partial charge in [0.2, 0.25) is 5.91 Å². The van der Waals surface area contributed by atoms with E-state index in [4.69, 9.17) is 5.73 Å². The highest BCUT2D eigenvalue weighted by Crippen LogP contribution is 2.28. The lowest BCUT2D eigenvalue weighted by molar-refractivity contribution is -0.116. The van der Waals surface area contributed by atoms with E-state index in [1.165, 1.54) is 11.3 Å². The SMILES string of the molecule is CCN(CC(N)=O)c1ccc2c(c1)CCC(C)N2. The van der Waals surface area contributed by atoms with Crippen LogP contribution in [0.5, 0.6) is 0 Å². The van der Waals surface area contributed by atoms with Crippen LogP contribution >= 0.6 is 0 Å². The molecule has 0 spiro atoms. The number of carbonyl (C=O) groups is 1. The number of nitrogens with two attached hydrogens (primary N) is 1. The number of nitrogens with one attached hydrogen (secondary N) is 1. The standard InChI is InChI=1S/C14H21N3O/c1-3-17(9-14(15)18)12-6-7-13-11(8-12)5-4-10(2)16-13/h6-8,10,16H,3-5,9H2,1-2H3,(H2,15,18). The minimum absolute atomic E-state index is 0.277. The Morgan fingerprint density at radius 1 is 1.56 bits per heavy atom. The van der Waals surface area contributed by atoms with Gasteiger partial charge >= 0.3 is 0 Å². The maximum Gasteiger partial charge on any atom is 0.236 e. The minimum atomic E-state index is -0.290. The van der Waals surface area contributed by atoms with E-state index in [9.17, 15) is 4.79 Å². The van der Waals surface area contributed by atoms with Gasteiger partial charge in [0, 0.05) is 24.0 Å². The summed E-state index contributed by atoms with van der Waals surface area (Å²) in [4.78, 5) is 13.0. The molecule has 0 aromatic heterocycles. The van der Waals surface area contributed by atoms with Gasteiger partial charge in [-0.25, -0.2) is 0 Å². The van der Waals surface area contributed by atoms with E-state index in [0.717, 1.165) is 25.1 Å². The average molecular weight is 247 g/mol. The molecule has 1 unspecified atom stereocenters. The molecule has 0 radical (unpaired) electrons. The van der Waals surface area contributed by atoms with Gasteiger partial charge in [0.15, 0.2) is 0 Å². The monoisotopic (exact) mass is 247 g/mol. The van der Waals surface area contributed by atoms with Crippen LogP contribution in [-0.4, -0.2) is 25.0 Å². The number of rotatable bonds is 4. The highest BCUT2D eigenvalue weighted by Gasteiger charge is 2.16. The van der Waals surface area contributed by atoms with E-state index in [1.807, 2.05) is 11.8 Å². The Bertz CT molecular complexity index is 445. The van der Waals surface area contributed by atoms with Gasteiger partial charge in [-0.15, -0.1) is 0 Å². The zero-order valence-corrected chi connectivity index (χ0v) is 11.1. The summed E-state index contributed by atoms with van der Waals surface area (Å²) in [6, 6.07) is 6.86. The molecule has 0 bridgehead atoms. The molecule has 4 heteroatoms. The van der Waals surface area contributed by atoms with Crippen molar-refractivity contribution in [2.45, 2.75) is 32.7 Å². The van der Waals surface area contributed by atoms with Crippen LogP contribution in [0.3, 0.4) is 0 Å². The van der Waals surface area contributed by atoms with Crippen molar-refractivity contribution in [1.82, 2.24) is 0 Å². The number of aryl methyl sites for hydroxylation is 1. The highest BCUT2D eigenvalue weighted by atomic mass is 16.1. The molecule has 1 heterocycles. The molecule has 1 aromatic rings. The topological polar surface area (TPSA) is 58.4 Å². The number of hydrogen-bond donors (Lipinski definition) is 2. The highest BCUT2D eigenvalue weighted by molar-refractivity contribution is 5.79. The molecule has 1 aromatic carbocycles. The van der Waals surface area contributed by atoms with E-state index < -0.39 is 0 Å². The summed E-state index contributed by atoms with van der Waals surface area (Å²) in [5.41, 5.74) is 8.89. The number of carbonyl (C=O) groups excluding carboxylic acids is 1. The second kappa shape index (κ2) is 5.29. The molecule has 18 heavy (non-hydrogen) atoms. The van der Waals surface area contributed by atoms with Gasteiger partial charge in [-0.05, 0) is 50.5 Å². The summed E-state index contributed by atoms with van der Waals surface area (Å²) in [5.74, 6) is -0.290. The van der Waals surface area contributed by atoms with E-state index in [2.05, 4.69) is 30.4 Å². The maximum absolute atomic E-state index is 11.0. The summed E-state index contributed by atoms with van der Waals surface area (Å²) in [6.45, 7) is 5.29. The quantitative estimate of drug-likeness (QED) is 0.852. The summed E-state index contributed by atoms with van der Waals surface area (Å²) in [6.07, 6.45) is 2.24. The van der Waals surface area contributed by atoms with Crippen LogP contribution in [0.15, 0.2) is 18.2 Å². The van der Waals surface area contributed by atoms with Crippen molar-refractivity contribution in [2.24, 2.45) is 5.73 Å². The van der Waals surface area contributed by atoms with Crippen LogP contribution in [0.1, 0.15) is 25.8 Å². The first-order chi connectivity index (χ1) is 8.60. The van der Waals surface area contributed by atoms with Gasteiger partial charge in [0.1, 0.15) is 0 Å². The Morgan fingerprint density at radius 2 is 2.33 bits per heavy atom. The lowest BCUT2D eigenvalue weighted by Gasteiger charge is -2.27. The zero-order chi connectivity index (χ0) is 13.1. The second-order valence-corrected chi connectivity index (χ2v) is 4.91. The lowest BCUT2D eigenvalue weighted by Crippen LogP contribution is -2.33. The van der Waals surface area contributed by atoms with Gasteiger partial charge in [0.25, 0.3) is 0 Å². The van der Waals surface area contributed by atoms with Gasteiger partial charge in [-0.3, -0.25) is 4.79 Å². The fourth-order valence-corrected chi connectivity index (χ4v) is 2.41. The molecule has 1 aliphatic rings. The van der Waals surface area contributed by atoms with Gasteiger partial charge in [0.05, 0.1) is 6.54 Å². The van der Waals surface area contributed by atoms with Gasteiger partial charge < -0.3 is 16.0 Å². The summed E-state index contributed by atoms with van der Waals surface area (Å²) in [5, 5.41) is 3.47. The summed E-state index contributed by atoms with van der Waals surface area (Å²) >= 11 is 0. The second-order valence-electron chi connectivity index (χ2n) is 4.91. The molecule has 0 saturated carbocycles. The van der Waals surface area contributed by atoms with Crippen LogP contribution in [0.4, 0.5) is 11.4 Å². The van der Waals surface area contributed by atoms with E-state index >= 15 is 0 Å². The van der Waals surface area contributed by atoms with Gasteiger partial charge in [-0.2, -0.15) is 0 Å². The molecule has 0 fully saturated rings. The number of anilines is 2. The third-order valence-electron chi connectivity index (χ3n) is 3.43. The fraction of sp³-hybridized carbons (Fsp3) is 0.500. The molecular weight excluding hydrogens is 226 g/mol. The number of nitrogens with zero attached hydrogens (tertiary/aromatic N) is 1. The third kappa shape index (κ3) is 2.75. The molecule has 2 rings (SSSR count). The number of benzene rings is 1. The van der Waals surface area contributed by atoms with Crippen LogP contribution in [-0.2, 0) is 11.2 Å². The molecule has 98 valence electrons. The molecule has 4 nitrogen and oxygen atoms in total. The van der Waals surface area contributed by atoms with Crippen LogP contribution in [0, 0.1) is 0 Å². The van der Waals surface area contributed by atoms with Crippen LogP contribution < -0.4 is 16.0 Å². The maximum atomic E-state index is 11.0. The Hall–Kier alpha value is -1.71. The summed E-state index contributed by atoms with van der Waals surface area (Å²) in [7, 11) is 0. The van der Waals surface area contributed by atoms with Crippen molar-refractivity contribution >= 4 is 17.3 Å². The molecule has 3 N–H and O–H groups in total. The number of likely N-dealkylation sites (N-methyl/N-ethyl adjacent to an activating group) is 1. The van der Waals surface area contributed by atoms with Crippen molar-refractivity contribution in [2.75, 3.05) is 23.3 Å². The Morgan fingerprint density at radius 3 is 3.00 bits per heavy atom. The predicted molar refractivity (Wildman–Crippen MR) is 74.9 cm³/mol. The molecule has 0 saturated heterocycles. The Balaban J connectivity index is 2.22. The molecule has 1 aliphatic heterocycles. The molecule has 1 amide bonds. The molecular formula is C14H21N3O. The first-order valence-electron chi connectivity index (χ1n) is 6.53. The van der Waals surface area contributed by atoms with Crippen LogP contribution in [0.2, 0.25) is 0 Å². The fourth-order valence-electron chi connectivity index (χ4n) is 2.41. The van der Waals surface area contributed by atoms with Crippen molar-refractivity contribution < 1.29 is 4.79 Å². The van der Waals surface area contributed by atoms with Crippen LogP contribution in [0.25, 0.3) is 0 Å². The average Bonchev–Trinajstić information content (AvgIpc) is 2.35. The van der Waals surface area contributed by atoms with Crippen molar-refractivity contribution in [1.29, 1.82) is 0 Å². The zero-order valence-electron chi connectivity index (χ0n) is 11.1. The molecule has 0 aliphatic carbocycles. The molecule has 1 atom stereocenters. The predicted octanol–water partition coefficient (Wildman–Crippen LogP) is 1.74. The number of amides is 1. The smallest absolute Gasteiger partial charge is 0.236 e. The van der Waals surface area contributed by atoms with E-state index in [-0.39, 0.29) is 12.5 Å². The Kier molecular flexibility index (Phi) is 3.75. The number of primary amides is 1. The normalized spacial score (nSPS) is 17.8. The van der Waals surface area contributed by atoms with Crippen molar-refractivity contribution in [3.05, 3.63) is 23.8 Å². The largest absolute Gasteiger partial charge is 0.382 e. The first kappa shape index (κ1) is 12.7. The Labute approximate surface area is 108 Å². The van der Waals surface area contributed by atoms with E-state index in [0.29, 0.717) is 6.04 Å².